The summed E-state index contributed by atoms with van der Waals surface area (Å²) in [5.74, 6) is 0.643. The van der Waals surface area contributed by atoms with E-state index in [1.165, 1.54) is 22.5 Å². The summed E-state index contributed by atoms with van der Waals surface area (Å²) in [6.45, 7) is 8.55. The number of allylic oxidation sites excluding steroid dienone is 1. The first kappa shape index (κ1) is 19.9. The molecule has 0 aliphatic rings. The Bertz CT molecular complexity index is 1020. The van der Waals surface area contributed by atoms with E-state index in [0.29, 0.717) is 11.5 Å². The van der Waals surface area contributed by atoms with Crippen LogP contribution in [0, 0.1) is 31.1 Å². The number of hydrogen-bond donors (Lipinski definition) is 1. The smallest absolute Gasteiger partial charge is 0.136 e. The first-order valence-electron chi connectivity index (χ1n) is 9.45. The van der Waals surface area contributed by atoms with Gasteiger partial charge in [-0.2, -0.15) is 5.26 Å². The molecule has 0 amide bonds. The van der Waals surface area contributed by atoms with Crippen LogP contribution in [0.4, 0.5) is 5.69 Å². The van der Waals surface area contributed by atoms with Gasteiger partial charge in [0.2, 0.25) is 0 Å². The number of aromatic nitrogens is 1. The highest BCUT2D eigenvalue weighted by molar-refractivity contribution is 7.11. The molecule has 0 unspecified atom stereocenters. The SMILES string of the molecule is Cc1ccc(C)c(N/C=C(\C#N)c2nc(-c3ccc(CC(C)C)cc3)cs2)c1. The molecule has 0 bridgehead atoms. The molecule has 0 radical (unpaired) electrons. The third kappa shape index (κ3) is 4.88. The fourth-order valence-corrected chi connectivity index (χ4v) is 3.79. The molecule has 0 saturated carbocycles. The van der Waals surface area contributed by atoms with Gasteiger partial charge in [-0.1, -0.05) is 50.2 Å². The summed E-state index contributed by atoms with van der Waals surface area (Å²) >= 11 is 1.49. The Balaban J connectivity index is 1.79. The van der Waals surface area contributed by atoms with Crippen LogP contribution < -0.4 is 5.32 Å². The number of hydrogen-bond acceptors (Lipinski definition) is 4. The molecular formula is C24H25N3S. The highest BCUT2D eigenvalue weighted by Crippen LogP contribution is 2.27. The highest BCUT2D eigenvalue weighted by Gasteiger charge is 2.10. The van der Waals surface area contributed by atoms with Gasteiger partial charge in [0.15, 0.2) is 0 Å². The van der Waals surface area contributed by atoms with Gasteiger partial charge in [-0.3, -0.25) is 0 Å². The molecule has 28 heavy (non-hydrogen) atoms. The number of aryl methyl sites for hydroxylation is 2. The highest BCUT2D eigenvalue weighted by atomic mass is 32.1. The van der Waals surface area contributed by atoms with Crippen molar-refractivity contribution in [2.24, 2.45) is 5.92 Å². The number of thiazole rings is 1. The fourth-order valence-electron chi connectivity index (χ4n) is 3.00. The van der Waals surface area contributed by atoms with Crippen LogP contribution in [-0.2, 0) is 6.42 Å². The van der Waals surface area contributed by atoms with E-state index in [4.69, 9.17) is 0 Å². The Labute approximate surface area is 171 Å². The zero-order valence-electron chi connectivity index (χ0n) is 16.8. The van der Waals surface area contributed by atoms with Gasteiger partial charge in [-0.05, 0) is 48.9 Å². The average Bonchev–Trinajstić information content (AvgIpc) is 3.15. The summed E-state index contributed by atoms with van der Waals surface area (Å²) in [4.78, 5) is 4.68. The molecule has 0 fully saturated rings. The van der Waals surface area contributed by atoms with Crippen molar-refractivity contribution < 1.29 is 0 Å². The predicted molar refractivity (Wildman–Crippen MR) is 119 cm³/mol. The maximum atomic E-state index is 9.59. The lowest BCUT2D eigenvalue weighted by atomic mass is 10.0. The average molecular weight is 388 g/mol. The van der Waals surface area contributed by atoms with E-state index >= 15 is 0 Å². The summed E-state index contributed by atoms with van der Waals surface area (Å²) in [7, 11) is 0. The summed E-state index contributed by atoms with van der Waals surface area (Å²) < 4.78 is 0. The van der Waals surface area contributed by atoms with Gasteiger partial charge in [0.1, 0.15) is 16.6 Å². The first-order chi connectivity index (χ1) is 13.5. The number of benzene rings is 2. The van der Waals surface area contributed by atoms with E-state index in [1.807, 2.05) is 12.3 Å². The second-order valence-electron chi connectivity index (χ2n) is 7.47. The lowest BCUT2D eigenvalue weighted by Crippen LogP contribution is -1.94. The van der Waals surface area contributed by atoms with Crippen molar-refractivity contribution in [1.29, 1.82) is 5.26 Å². The van der Waals surface area contributed by atoms with Crippen molar-refractivity contribution in [2.45, 2.75) is 34.1 Å². The lowest BCUT2D eigenvalue weighted by Gasteiger charge is -2.07. The minimum Gasteiger partial charge on any atom is -0.360 e. The van der Waals surface area contributed by atoms with Gasteiger partial charge in [0, 0.05) is 22.8 Å². The molecule has 0 atom stereocenters. The molecule has 3 rings (SSSR count). The minimum absolute atomic E-state index is 0.536. The van der Waals surface area contributed by atoms with Crippen molar-refractivity contribution in [3.8, 4) is 17.3 Å². The molecule has 0 aliphatic heterocycles. The van der Waals surface area contributed by atoms with Crippen LogP contribution in [0.5, 0.6) is 0 Å². The second kappa shape index (κ2) is 8.86. The van der Waals surface area contributed by atoms with Crippen LogP contribution in [0.2, 0.25) is 0 Å². The quantitative estimate of drug-likeness (QED) is 0.485. The molecule has 1 aromatic heterocycles. The lowest BCUT2D eigenvalue weighted by molar-refractivity contribution is 0.647. The zero-order valence-corrected chi connectivity index (χ0v) is 17.6. The molecule has 0 aliphatic carbocycles. The van der Waals surface area contributed by atoms with Crippen molar-refractivity contribution in [3.63, 3.8) is 0 Å². The molecule has 4 heteroatoms. The monoisotopic (exact) mass is 387 g/mol. The van der Waals surface area contributed by atoms with Gasteiger partial charge in [-0.15, -0.1) is 11.3 Å². The van der Waals surface area contributed by atoms with Crippen LogP contribution in [0.25, 0.3) is 16.8 Å². The fraction of sp³-hybridized carbons (Fsp3) is 0.250. The molecule has 1 N–H and O–H groups in total. The van der Waals surface area contributed by atoms with Gasteiger partial charge in [0.05, 0.1) is 5.69 Å². The molecule has 3 nitrogen and oxygen atoms in total. The predicted octanol–water partition coefficient (Wildman–Crippen LogP) is 6.60. The van der Waals surface area contributed by atoms with Gasteiger partial charge in [0.25, 0.3) is 0 Å². The van der Waals surface area contributed by atoms with Gasteiger partial charge < -0.3 is 5.32 Å². The third-order valence-corrected chi connectivity index (χ3v) is 5.39. The maximum Gasteiger partial charge on any atom is 0.136 e. The molecule has 3 aromatic rings. The summed E-state index contributed by atoms with van der Waals surface area (Å²) in [6, 6.07) is 17.0. The van der Waals surface area contributed by atoms with E-state index in [-0.39, 0.29) is 0 Å². The Kier molecular flexibility index (Phi) is 6.28. The standard InChI is InChI=1S/C24H25N3S/c1-16(2)11-19-7-9-20(10-8-19)23-15-28-24(27-23)21(13-25)14-26-22-12-17(3)5-6-18(22)4/h5-10,12,14-16,26H,11H2,1-4H3/b21-14+. The number of anilines is 1. The van der Waals surface area contributed by atoms with E-state index in [9.17, 15) is 5.26 Å². The molecule has 2 aromatic carbocycles. The van der Waals surface area contributed by atoms with E-state index in [0.717, 1.165) is 33.9 Å². The van der Waals surface area contributed by atoms with Crippen LogP contribution in [0.3, 0.4) is 0 Å². The molecule has 0 spiro atoms. The topological polar surface area (TPSA) is 48.7 Å². The van der Waals surface area contributed by atoms with Crippen molar-refractivity contribution >= 4 is 22.6 Å². The Morgan fingerprint density at radius 2 is 1.93 bits per heavy atom. The summed E-state index contributed by atoms with van der Waals surface area (Å²) in [6.07, 6.45) is 2.82. The normalized spacial score (nSPS) is 11.5. The third-order valence-electron chi connectivity index (χ3n) is 4.51. The second-order valence-corrected chi connectivity index (χ2v) is 8.32. The maximum absolute atomic E-state index is 9.59. The van der Waals surface area contributed by atoms with Crippen LogP contribution in [0.1, 0.15) is 35.5 Å². The number of nitriles is 1. The Morgan fingerprint density at radius 3 is 2.61 bits per heavy atom. The van der Waals surface area contributed by atoms with Crippen molar-refractivity contribution in [1.82, 2.24) is 4.98 Å². The van der Waals surface area contributed by atoms with Crippen molar-refractivity contribution in [2.75, 3.05) is 5.32 Å². The molecule has 142 valence electrons. The van der Waals surface area contributed by atoms with Crippen LogP contribution in [-0.4, -0.2) is 4.98 Å². The largest absolute Gasteiger partial charge is 0.360 e. The van der Waals surface area contributed by atoms with E-state index < -0.39 is 0 Å². The van der Waals surface area contributed by atoms with Gasteiger partial charge >= 0.3 is 0 Å². The Hall–Kier alpha value is -2.90. The molecule has 1 heterocycles. The van der Waals surface area contributed by atoms with E-state index in [1.54, 1.807) is 6.20 Å². The minimum atomic E-state index is 0.536. The molecular weight excluding hydrogens is 362 g/mol. The molecule has 0 saturated heterocycles. The number of nitrogens with one attached hydrogen (secondary N) is 1. The number of rotatable bonds is 6. The van der Waals surface area contributed by atoms with Crippen LogP contribution in [0.15, 0.2) is 54.0 Å². The summed E-state index contributed by atoms with van der Waals surface area (Å²) in [5, 5.41) is 15.6. The van der Waals surface area contributed by atoms with Gasteiger partial charge in [-0.25, -0.2) is 4.98 Å². The van der Waals surface area contributed by atoms with Crippen LogP contribution >= 0.6 is 11.3 Å². The summed E-state index contributed by atoms with van der Waals surface area (Å²) in [5.41, 5.74) is 7.18. The van der Waals surface area contributed by atoms with E-state index in [2.05, 4.69) is 79.6 Å². The number of nitrogens with zero attached hydrogens (tertiary/aromatic N) is 2. The Morgan fingerprint density at radius 1 is 1.18 bits per heavy atom. The first-order valence-corrected chi connectivity index (χ1v) is 10.3. The zero-order chi connectivity index (χ0) is 20.1. The van der Waals surface area contributed by atoms with Crippen molar-refractivity contribution in [3.05, 3.63) is 75.7 Å².